The highest BCUT2D eigenvalue weighted by atomic mass is 15.2. The van der Waals surface area contributed by atoms with Crippen LogP contribution in [0.5, 0.6) is 0 Å². The Balaban J connectivity index is 1.63. The molecule has 0 saturated heterocycles. The number of rotatable bonds is 7. The van der Waals surface area contributed by atoms with E-state index in [1.54, 1.807) is 6.33 Å². The maximum atomic E-state index is 4.09. The van der Waals surface area contributed by atoms with Gasteiger partial charge in [-0.05, 0) is 32.0 Å². The highest BCUT2D eigenvalue weighted by Gasteiger charge is 1.99. The molecule has 0 amide bonds. The molecule has 2 heterocycles. The van der Waals surface area contributed by atoms with Gasteiger partial charge in [0.1, 0.15) is 12.2 Å². The minimum Gasteiger partial charge on any atom is -0.351 e. The Hall–Kier alpha value is -1.62. The van der Waals surface area contributed by atoms with Gasteiger partial charge in [-0.15, -0.1) is 0 Å². The van der Waals surface area contributed by atoms with Gasteiger partial charge in [0, 0.05) is 31.4 Å². The first-order chi connectivity index (χ1) is 8.40. The standard InChI is InChI=1S/C12H19N5/c1-2-17-8-4-5-11(17)9-13-7-3-6-12-14-10-15-16-12/h4-5,8,10,13H,2-3,6-7,9H2,1H3,(H,14,15,16). The Morgan fingerprint density at radius 2 is 2.41 bits per heavy atom. The normalized spacial score (nSPS) is 10.9. The summed E-state index contributed by atoms with van der Waals surface area (Å²) in [6.45, 7) is 5.11. The van der Waals surface area contributed by atoms with Crippen molar-refractivity contribution in [3.8, 4) is 0 Å². The van der Waals surface area contributed by atoms with Crippen molar-refractivity contribution in [2.24, 2.45) is 0 Å². The predicted octanol–water partition coefficient (Wildman–Crippen LogP) is 1.35. The molecule has 92 valence electrons. The van der Waals surface area contributed by atoms with Gasteiger partial charge in [0.25, 0.3) is 0 Å². The molecular weight excluding hydrogens is 214 g/mol. The van der Waals surface area contributed by atoms with Gasteiger partial charge in [0.2, 0.25) is 0 Å². The number of aryl methyl sites for hydroxylation is 2. The van der Waals surface area contributed by atoms with Crippen molar-refractivity contribution in [1.82, 2.24) is 25.1 Å². The lowest BCUT2D eigenvalue weighted by molar-refractivity contribution is 0.604. The van der Waals surface area contributed by atoms with Gasteiger partial charge < -0.3 is 9.88 Å². The molecule has 0 saturated carbocycles. The second-order valence-corrected chi connectivity index (χ2v) is 4.00. The Morgan fingerprint density at radius 1 is 1.47 bits per heavy atom. The number of nitrogens with zero attached hydrogens (tertiary/aromatic N) is 3. The fraction of sp³-hybridized carbons (Fsp3) is 0.500. The zero-order chi connectivity index (χ0) is 11.9. The third kappa shape index (κ3) is 3.42. The molecule has 0 aliphatic rings. The first-order valence-electron chi connectivity index (χ1n) is 6.09. The fourth-order valence-corrected chi connectivity index (χ4v) is 1.87. The van der Waals surface area contributed by atoms with Crippen LogP contribution in [0.1, 0.15) is 24.9 Å². The van der Waals surface area contributed by atoms with Gasteiger partial charge in [-0.2, -0.15) is 5.10 Å². The average molecular weight is 233 g/mol. The second kappa shape index (κ2) is 6.20. The number of aromatic nitrogens is 4. The van der Waals surface area contributed by atoms with Crippen LogP contribution in [-0.2, 0) is 19.5 Å². The van der Waals surface area contributed by atoms with E-state index in [9.17, 15) is 0 Å². The van der Waals surface area contributed by atoms with E-state index in [2.05, 4.69) is 50.3 Å². The third-order valence-corrected chi connectivity index (χ3v) is 2.80. The van der Waals surface area contributed by atoms with Crippen LogP contribution < -0.4 is 5.32 Å². The van der Waals surface area contributed by atoms with E-state index < -0.39 is 0 Å². The smallest absolute Gasteiger partial charge is 0.137 e. The quantitative estimate of drug-likeness (QED) is 0.710. The summed E-state index contributed by atoms with van der Waals surface area (Å²) in [5.41, 5.74) is 1.34. The first-order valence-corrected chi connectivity index (χ1v) is 6.09. The van der Waals surface area contributed by atoms with Crippen molar-refractivity contribution in [3.05, 3.63) is 36.2 Å². The van der Waals surface area contributed by atoms with Gasteiger partial charge in [-0.3, -0.25) is 5.10 Å². The van der Waals surface area contributed by atoms with E-state index in [1.165, 1.54) is 5.69 Å². The molecule has 2 aromatic heterocycles. The molecule has 0 bridgehead atoms. The lowest BCUT2D eigenvalue weighted by atomic mass is 10.3. The van der Waals surface area contributed by atoms with E-state index in [0.29, 0.717) is 0 Å². The molecule has 5 nitrogen and oxygen atoms in total. The van der Waals surface area contributed by atoms with E-state index in [1.807, 2.05) is 0 Å². The summed E-state index contributed by atoms with van der Waals surface area (Å²) in [5, 5.41) is 10.1. The number of hydrogen-bond acceptors (Lipinski definition) is 3. The summed E-state index contributed by atoms with van der Waals surface area (Å²) in [6.07, 6.45) is 5.69. The summed E-state index contributed by atoms with van der Waals surface area (Å²) in [7, 11) is 0. The average Bonchev–Trinajstić information content (AvgIpc) is 2.98. The fourth-order valence-electron chi connectivity index (χ4n) is 1.87. The van der Waals surface area contributed by atoms with Crippen molar-refractivity contribution in [3.63, 3.8) is 0 Å². The van der Waals surface area contributed by atoms with Crippen molar-refractivity contribution in [2.45, 2.75) is 32.9 Å². The molecule has 5 heteroatoms. The molecule has 0 radical (unpaired) electrons. The summed E-state index contributed by atoms with van der Waals surface area (Å²) in [5.74, 6) is 0.962. The maximum absolute atomic E-state index is 4.09. The van der Waals surface area contributed by atoms with Crippen molar-refractivity contribution >= 4 is 0 Å². The molecule has 0 aliphatic carbocycles. The monoisotopic (exact) mass is 233 g/mol. The highest BCUT2D eigenvalue weighted by Crippen LogP contribution is 2.01. The molecule has 2 N–H and O–H groups in total. The van der Waals surface area contributed by atoms with Crippen LogP contribution in [0.3, 0.4) is 0 Å². The number of nitrogens with one attached hydrogen (secondary N) is 2. The molecule has 0 aromatic carbocycles. The molecule has 0 atom stereocenters. The van der Waals surface area contributed by atoms with Crippen LogP contribution >= 0.6 is 0 Å². The molecule has 0 fully saturated rings. The van der Waals surface area contributed by atoms with Crippen LogP contribution in [0.4, 0.5) is 0 Å². The van der Waals surface area contributed by atoms with Crippen LogP contribution in [0.2, 0.25) is 0 Å². The topological polar surface area (TPSA) is 58.5 Å². The number of hydrogen-bond donors (Lipinski definition) is 2. The van der Waals surface area contributed by atoms with E-state index in [4.69, 9.17) is 0 Å². The van der Waals surface area contributed by atoms with E-state index in [-0.39, 0.29) is 0 Å². The molecule has 0 aliphatic heterocycles. The maximum Gasteiger partial charge on any atom is 0.137 e. The Bertz CT molecular complexity index is 418. The van der Waals surface area contributed by atoms with Gasteiger partial charge in [-0.1, -0.05) is 0 Å². The van der Waals surface area contributed by atoms with Crippen molar-refractivity contribution < 1.29 is 0 Å². The molecule has 0 spiro atoms. The predicted molar refractivity (Wildman–Crippen MR) is 66.5 cm³/mol. The Morgan fingerprint density at radius 3 is 3.18 bits per heavy atom. The van der Waals surface area contributed by atoms with Crippen LogP contribution in [0.25, 0.3) is 0 Å². The van der Waals surface area contributed by atoms with E-state index >= 15 is 0 Å². The van der Waals surface area contributed by atoms with Crippen LogP contribution in [-0.4, -0.2) is 26.3 Å². The summed E-state index contributed by atoms with van der Waals surface area (Å²) in [4.78, 5) is 4.09. The van der Waals surface area contributed by atoms with Crippen molar-refractivity contribution in [2.75, 3.05) is 6.54 Å². The number of aromatic amines is 1. The minimum absolute atomic E-state index is 0.928. The lowest BCUT2D eigenvalue weighted by Crippen LogP contribution is -2.17. The zero-order valence-corrected chi connectivity index (χ0v) is 10.2. The van der Waals surface area contributed by atoms with Gasteiger partial charge in [0.15, 0.2) is 0 Å². The second-order valence-electron chi connectivity index (χ2n) is 4.00. The van der Waals surface area contributed by atoms with Crippen molar-refractivity contribution in [1.29, 1.82) is 0 Å². The largest absolute Gasteiger partial charge is 0.351 e. The van der Waals surface area contributed by atoms with Gasteiger partial charge in [-0.25, -0.2) is 4.98 Å². The van der Waals surface area contributed by atoms with Gasteiger partial charge in [0.05, 0.1) is 0 Å². The molecule has 2 aromatic rings. The van der Waals surface area contributed by atoms with Crippen LogP contribution in [0.15, 0.2) is 24.7 Å². The third-order valence-electron chi connectivity index (χ3n) is 2.80. The summed E-state index contributed by atoms with van der Waals surface area (Å²) >= 11 is 0. The minimum atomic E-state index is 0.928. The SMILES string of the molecule is CCn1cccc1CNCCCc1ncn[nH]1. The highest BCUT2D eigenvalue weighted by molar-refractivity contribution is 5.06. The molecule has 0 unspecified atom stereocenters. The Kier molecular flexibility index (Phi) is 4.32. The Labute approximate surface area is 101 Å². The van der Waals surface area contributed by atoms with Crippen LogP contribution in [0, 0.1) is 0 Å². The van der Waals surface area contributed by atoms with E-state index in [0.717, 1.165) is 38.3 Å². The summed E-state index contributed by atoms with van der Waals surface area (Å²) < 4.78 is 2.25. The number of H-pyrrole nitrogens is 1. The molecular formula is C12H19N5. The summed E-state index contributed by atoms with van der Waals surface area (Å²) in [6, 6.07) is 4.25. The lowest BCUT2D eigenvalue weighted by Gasteiger charge is -2.07. The van der Waals surface area contributed by atoms with Gasteiger partial charge >= 0.3 is 0 Å². The molecule has 17 heavy (non-hydrogen) atoms. The zero-order valence-electron chi connectivity index (χ0n) is 10.2. The first kappa shape index (κ1) is 11.9. The molecule has 2 rings (SSSR count).